The van der Waals surface area contributed by atoms with Crippen LogP contribution in [0.3, 0.4) is 0 Å². The minimum Gasteiger partial charge on any atom is -0.486 e. The van der Waals surface area contributed by atoms with Gasteiger partial charge in [0.1, 0.15) is 19.3 Å². The minimum absolute atomic E-state index is 0.172. The predicted octanol–water partition coefficient (Wildman–Crippen LogP) is 2.85. The number of nitrogens with one attached hydrogen (secondary N) is 1. The molecule has 0 bridgehead atoms. The number of primary sulfonamides is 1. The zero-order chi connectivity index (χ0) is 24.6. The number of carbonyl (C=O) groups excluding carboxylic acids is 2. The highest BCUT2D eigenvalue weighted by molar-refractivity contribution is 7.89. The Morgan fingerprint density at radius 2 is 1.74 bits per heavy atom. The third kappa shape index (κ3) is 4.48. The van der Waals surface area contributed by atoms with Gasteiger partial charge in [0.05, 0.1) is 16.3 Å². The summed E-state index contributed by atoms with van der Waals surface area (Å²) in [4.78, 5) is 27.8. The van der Waals surface area contributed by atoms with Crippen molar-refractivity contribution in [3.05, 3.63) is 83.9 Å². The maximum Gasteiger partial charge on any atom is 0.252 e. The number of anilines is 2. The topological polar surface area (TPSA) is 128 Å². The fourth-order valence-electron chi connectivity index (χ4n) is 4.05. The van der Waals surface area contributed by atoms with Crippen molar-refractivity contribution in [2.45, 2.75) is 10.9 Å². The lowest BCUT2D eigenvalue weighted by molar-refractivity contribution is -0.121. The Morgan fingerprint density at radius 1 is 1.00 bits per heavy atom. The van der Waals surface area contributed by atoms with Gasteiger partial charge in [-0.1, -0.05) is 36.4 Å². The van der Waals surface area contributed by atoms with Crippen LogP contribution >= 0.6 is 0 Å². The summed E-state index contributed by atoms with van der Waals surface area (Å²) in [5, 5.41) is 7.95. The van der Waals surface area contributed by atoms with E-state index in [1.165, 1.54) is 29.2 Å². The molecule has 1 unspecified atom stereocenters. The molecule has 3 N–H and O–H groups in total. The molecule has 0 fully saturated rings. The van der Waals surface area contributed by atoms with Gasteiger partial charge in [0.2, 0.25) is 10.0 Å². The van der Waals surface area contributed by atoms with E-state index in [4.69, 9.17) is 14.6 Å². The number of rotatable bonds is 4. The van der Waals surface area contributed by atoms with Crippen LogP contribution in [0.1, 0.15) is 17.2 Å². The molecule has 0 saturated carbocycles. The summed E-state index contributed by atoms with van der Waals surface area (Å²) >= 11 is 0. The average Bonchev–Trinajstić information content (AvgIpc) is 2.86. The van der Waals surface area contributed by atoms with Crippen LogP contribution in [0.2, 0.25) is 0 Å². The van der Waals surface area contributed by atoms with Crippen LogP contribution in [0.15, 0.2) is 77.7 Å². The smallest absolute Gasteiger partial charge is 0.252 e. The summed E-state index contributed by atoms with van der Waals surface area (Å²) in [7, 11) is -4.00. The second kappa shape index (κ2) is 8.90. The number of fused-ring (bicyclic) bond motifs is 2. The van der Waals surface area contributed by atoms with Gasteiger partial charge in [-0.2, -0.15) is 0 Å². The third-order valence-corrected chi connectivity index (χ3v) is 6.57. The van der Waals surface area contributed by atoms with Crippen molar-refractivity contribution >= 4 is 39.3 Å². The van der Waals surface area contributed by atoms with Crippen LogP contribution in [0.25, 0.3) is 6.08 Å². The van der Waals surface area contributed by atoms with Gasteiger partial charge in [-0.3, -0.25) is 14.5 Å². The van der Waals surface area contributed by atoms with E-state index in [1.807, 2.05) is 6.07 Å². The lowest BCUT2D eigenvalue weighted by Crippen LogP contribution is -2.44. The van der Waals surface area contributed by atoms with E-state index in [-0.39, 0.29) is 10.6 Å². The second-order valence-corrected chi connectivity index (χ2v) is 9.53. The molecule has 10 heteroatoms. The second-order valence-electron chi connectivity index (χ2n) is 7.97. The molecule has 35 heavy (non-hydrogen) atoms. The van der Waals surface area contributed by atoms with Crippen molar-refractivity contribution in [3.8, 4) is 11.5 Å². The molecule has 0 aliphatic carbocycles. The molecule has 9 nitrogen and oxygen atoms in total. The number of hydrogen-bond acceptors (Lipinski definition) is 6. The van der Waals surface area contributed by atoms with Gasteiger partial charge in [-0.15, -0.1) is 0 Å². The van der Waals surface area contributed by atoms with Crippen molar-refractivity contribution in [2.24, 2.45) is 5.14 Å². The summed E-state index contributed by atoms with van der Waals surface area (Å²) < 4.78 is 34.8. The first-order valence-corrected chi connectivity index (χ1v) is 12.3. The summed E-state index contributed by atoms with van der Waals surface area (Å²) in [6, 6.07) is 17.2. The molecule has 2 amide bonds. The van der Waals surface area contributed by atoms with Crippen molar-refractivity contribution in [2.75, 3.05) is 23.4 Å². The summed E-state index contributed by atoms with van der Waals surface area (Å²) in [5.74, 6) is 0.284. The fourth-order valence-corrected chi connectivity index (χ4v) is 4.59. The first kappa shape index (κ1) is 22.6. The highest BCUT2D eigenvalue weighted by Gasteiger charge is 2.37. The molecule has 2 heterocycles. The number of amides is 2. The Morgan fingerprint density at radius 3 is 2.49 bits per heavy atom. The van der Waals surface area contributed by atoms with Crippen LogP contribution in [0.5, 0.6) is 11.5 Å². The van der Waals surface area contributed by atoms with E-state index in [2.05, 4.69) is 5.32 Å². The Bertz CT molecular complexity index is 1450. The summed E-state index contributed by atoms with van der Waals surface area (Å²) in [6.07, 6.45) is 2.98. The molecule has 1 atom stereocenters. The number of carbonyl (C=O) groups is 2. The van der Waals surface area contributed by atoms with E-state index in [0.717, 1.165) is 0 Å². The molecule has 5 rings (SSSR count). The van der Waals surface area contributed by atoms with E-state index in [1.54, 1.807) is 48.5 Å². The Balaban J connectivity index is 1.54. The van der Waals surface area contributed by atoms with Crippen LogP contribution in [-0.2, 0) is 19.6 Å². The molecule has 0 spiro atoms. The lowest BCUT2D eigenvalue weighted by Gasteiger charge is -2.36. The fraction of sp³-hybridized carbons (Fsp3) is 0.120. The first-order valence-electron chi connectivity index (χ1n) is 10.7. The van der Waals surface area contributed by atoms with Crippen LogP contribution in [0, 0.1) is 0 Å². The van der Waals surface area contributed by atoms with Gasteiger partial charge < -0.3 is 14.8 Å². The minimum atomic E-state index is -4.00. The Labute approximate surface area is 201 Å². The quantitative estimate of drug-likeness (QED) is 0.540. The maximum atomic E-state index is 13.5. The molecule has 2 aliphatic heterocycles. The highest BCUT2D eigenvalue weighted by Crippen LogP contribution is 2.40. The van der Waals surface area contributed by atoms with Crippen molar-refractivity contribution < 1.29 is 27.5 Å². The van der Waals surface area contributed by atoms with Gasteiger partial charge in [0, 0.05) is 6.08 Å². The summed E-state index contributed by atoms with van der Waals surface area (Å²) in [6.45, 7) is 0.920. The lowest BCUT2D eigenvalue weighted by atomic mass is 9.99. The highest BCUT2D eigenvalue weighted by atomic mass is 32.2. The standard InChI is InChI=1S/C25H21N3O6S/c26-35(31,32)18-8-9-20-19(15-18)27-25(30)24(17-4-2-1-3-5-17)28(20)23(29)11-7-16-6-10-21-22(14-16)34-13-12-33-21/h1-11,14-15,24H,12-13H2,(H,27,30)(H2,26,31,32)/b11-7-. The summed E-state index contributed by atoms with van der Waals surface area (Å²) in [5.41, 5.74) is 1.84. The van der Waals surface area contributed by atoms with Gasteiger partial charge >= 0.3 is 0 Å². The van der Waals surface area contributed by atoms with E-state index >= 15 is 0 Å². The Kier molecular flexibility index (Phi) is 5.75. The molecule has 3 aromatic carbocycles. The maximum absolute atomic E-state index is 13.5. The predicted molar refractivity (Wildman–Crippen MR) is 130 cm³/mol. The van der Waals surface area contributed by atoms with Crippen molar-refractivity contribution in [3.63, 3.8) is 0 Å². The van der Waals surface area contributed by atoms with E-state index in [0.29, 0.717) is 41.5 Å². The van der Waals surface area contributed by atoms with Gasteiger partial charge in [-0.05, 0) is 47.5 Å². The molecule has 0 saturated heterocycles. The number of hydrogen-bond donors (Lipinski definition) is 2. The molecule has 3 aromatic rings. The molecule has 2 aliphatic rings. The zero-order valence-corrected chi connectivity index (χ0v) is 19.2. The molecule has 178 valence electrons. The van der Waals surface area contributed by atoms with Crippen LogP contribution in [0.4, 0.5) is 11.4 Å². The largest absolute Gasteiger partial charge is 0.486 e. The number of benzene rings is 3. The Hall–Kier alpha value is -4.15. The van der Waals surface area contributed by atoms with E-state index < -0.39 is 27.9 Å². The SMILES string of the molecule is NS(=O)(=O)c1ccc2c(c1)NC(=O)C(c1ccccc1)N2C(=O)/C=C\c1ccc2c(c1)OCCO2. The monoisotopic (exact) mass is 491 g/mol. The van der Waals surface area contributed by atoms with Crippen molar-refractivity contribution in [1.29, 1.82) is 0 Å². The van der Waals surface area contributed by atoms with Crippen LogP contribution in [-0.4, -0.2) is 33.4 Å². The van der Waals surface area contributed by atoms with Crippen LogP contribution < -0.4 is 24.8 Å². The molecular formula is C25H21N3O6S. The molecular weight excluding hydrogens is 470 g/mol. The number of nitrogens with two attached hydrogens (primary N) is 1. The normalized spacial score (nSPS) is 17.1. The first-order chi connectivity index (χ1) is 16.8. The van der Waals surface area contributed by atoms with Crippen molar-refractivity contribution in [1.82, 2.24) is 0 Å². The zero-order valence-electron chi connectivity index (χ0n) is 18.4. The van der Waals surface area contributed by atoms with E-state index in [9.17, 15) is 18.0 Å². The number of sulfonamides is 1. The number of ether oxygens (including phenoxy) is 2. The van der Waals surface area contributed by atoms with Gasteiger partial charge in [0.15, 0.2) is 11.5 Å². The third-order valence-electron chi connectivity index (χ3n) is 5.66. The molecule has 0 radical (unpaired) electrons. The van der Waals surface area contributed by atoms with Gasteiger partial charge in [0.25, 0.3) is 11.8 Å². The number of nitrogens with zero attached hydrogens (tertiary/aromatic N) is 1. The molecule has 0 aromatic heterocycles. The van der Waals surface area contributed by atoms with Gasteiger partial charge in [-0.25, -0.2) is 13.6 Å². The average molecular weight is 492 g/mol.